The van der Waals surface area contributed by atoms with Gasteiger partial charge in [-0.05, 0) is 25.5 Å². The highest BCUT2D eigenvalue weighted by molar-refractivity contribution is 7.99. The van der Waals surface area contributed by atoms with Crippen molar-refractivity contribution in [2.75, 3.05) is 25.3 Å². The van der Waals surface area contributed by atoms with E-state index in [4.69, 9.17) is 9.47 Å². The summed E-state index contributed by atoms with van der Waals surface area (Å²) in [6.07, 6.45) is 0.988. The summed E-state index contributed by atoms with van der Waals surface area (Å²) in [4.78, 5) is 12.2. The lowest BCUT2D eigenvalue weighted by Gasteiger charge is -2.11. The average Bonchev–Trinajstić information content (AvgIpc) is 2.94. The minimum atomic E-state index is -0.132. The third kappa shape index (κ3) is 4.41. The maximum Gasteiger partial charge on any atom is 0.234 e. The van der Waals surface area contributed by atoms with Crippen molar-refractivity contribution < 1.29 is 14.3 Å². The van der Waals surface area contributed by atoms with E-state index < -0.39 is 0 Å². The van der Waals surface area contributed by atoms with Crippen LogP contribution in [0, 0.1) is 6.92 Å². The summed E-state index contributed by atoms with van der Waals surface area (Å²) in [5.74, 6) is 2.20. The van der Waals surface area contributed by atoms with Gasteiger partial charge in [0.05, 0.1) is 25.7 Å². The molecule has 24 heavy (non-hydrogen) atoms. The standard InChI is InChI=1S/C16H22N4O3S/c1-5-8-20-11(2)18-19-16(20)24-10-15(21)17-13-7-6-12(22-3)9-14(13)23-4/h6-7,9H,5,8,10H2,1-4H3,(H,17,21). The molecule has 8 heteroatoms. The number of nitrogens with zero attached hydrogens (tertiary/aromatic N) is 3. The van der Waals surface area contributed by atoms with Gasteiger partial charge in [0.15, 0.2) is 5.16 Å². The molecular weight excluding hydrogens is 328 g/mol. The van der Waals surface area contributed by atoms with Crippen LogP contribution < -0.4 is 14.8 Å². The van der Waals surface area contributed by atoms with Crippen LogP contribution in [0.4, 0.5) is 5.69 Å². The molecule has 0 bridgehead atoms. The fraction of sp³-hybridized carbons (Fsp3) is 0.438. The lowest BCUT2D eigenvalue weighted by Crippen LogP contribution is -2.15. The SMILES string of the molecule is CCCn1c(C)nnc1SCC(=O)Nc1ccc(OC)cc1OC. The van der Waals surface area contributed by atoms with Crippen LogP contribution in [0.25, 0.3) is 0 Å². The smallest absolute Gasteiger partial charge is 0.234 e. The van der Waals surface area contributed by atoms with E-state index in [-0.39, 0.29) is 11.7 Å². The number of aryl methyl sites for hydroxylation is 1. The fourth-order valence-electron chi connectivity index (χ4n) is 2.17. The van der Waals surface area contributed by atoms with Crippen LogP contribution in [0.2, 0.25) is 0 Å². The van der Waals surface area contributed by atoms with Crippen molar-refractivity contribution in [3.8, 4) is 11.5 Å². The van der Waals surface area contributed by atoms with Crippen molar-refractivity contribution >= 4 is 23.4 Å². The Morgan fingerprint density at radius 1 is 1.29 bits per heavy atom. The summed E-state index contributed by atoms with van der Waals surface area (Å²) < 4.78 is 12.4. The molecule has 1 aromatic carbocycles. The highest BCUT2D eigenvalue weighted by atomic mass is 32.2. The Labute approximate surface area is 145 Å². The molecule has 0 aliphatic rings. The van der Waals surface area contributed by atoms with Crippen LogP contribution in [0.3, 0.4) is 0 Å². The molecule has 1 N–H and O–H groups in total. The molecule has 2 aromatic rings. The zero-order valence-corrected chi connectivity index (χ0v) is 15.1. The van der Waals surface area contributed by atoms with Crippen molar-refractivity contribution in [1.29, 1.82) is 0 Å². The molecule has 0 saturated heterocycles. The van der Waals surface area contributed by atoms with Crippen molar-refractivity contribution in [3.05, 3.63) is 24.0 Å². The molecule has 1 aromatic heterocycles. The van der Waals surface area contributed by atoms with Gasteiger partial charge in [-0.25, -0.2) is 0 Å². The summed E-state index contributed by atoms with van der Waals surface area (Å²) in [7, 11) is 3.13. The van der Waals surface area contributed by atoms with Crippen LogP contribution in [0.5, 0.6) is 11.5 Å². The molecule has 1 heterocycles. The second-order valence-electron chi connectivity index (χ2n) is 5.08. The first-order valence-electron chi connectivity index (χ1n) is 7.63. The van der Waals surface area contributed by atoms with Gasteiger partial charge in [0.25, 0.3) is 0 Å². The van der Waals surface area contributed by atoms with Crippen molar-refractivity contribution in [1.82, 2.24) is 14.8 Å². The summed E-state index contributed by atoms with van der Waals surface area (Å²) in [5, 5.41) is 11.8. The third-order valence-electron chi connectivity index (χ3n) is 3.36. The predicted molar refractivity (Wildman–Crippen MR) is 93.9 cm³/mol. The minimum absolute atomic E-state index is 0.132. The molecule has 0 spiro atoms. The van der Waals surface area contributed by atoms with Gasteiger partial charge in [0, 0.05) is 12.6 Å². The maximum absolute atomic E-state index is 12.2. The molecule has 0 aliphatic heterocycles. The van der Waals surface area contributed by atoms with Crippen LogP contribution in [0.15, 0.2) is 23.4 Å². The van der Waals surface area contributed by atoms with E-state index >= 15 is 0 Å². The molecule has 0 fully saturated rings. The lowest BCUT2D eigenvalue weighted by atomic mass is 10.2. The number of benzene rings is 1. The highest BCUT2D eigenvalue weighted by Crippen LogP contribution is 2.29. The normalized spacial score (nSPS) is 10.5. The van der Waals surface area contributed by atoms with Gasteiger partial charge in [-0.2, -0.15) is 0 Å². The largest absolute Gasteiger partial charge is 0.497 e. The topological polar surface area (TPSA) is 78.3 Å². The van der Waals surface area contributed by atoms with Gasteiger partial charge in [-0.3, -0.25) is 4.79 Å². The van der Waals surface area contributed by atoms with Gasteiger partial charge in [-0.15, -0.1) is 10.2 Å². The first kappa shape index (κ1) is 18.1. The van der Waals surface area contributed by atoms with E-state index in [0.717, 1.165) is 23.9 Å². The summed E-state index contributed by atoms with van der Waals surface area (Å²) in [6, 6.07) is 5.25. The van der Waals surface area contributed by atoms with E-state index in [9.17, 15) is 4.79 Å². The molecule has 0 unspecified atom stereocenters. The second kappa shape index (κ2) is 8.58. The summed E-state index contributed by atoms with van der Waals surface area (Å²) in [6.45, 7) is 4.85. The molecule has 0 saturated carbocycles. The monoisotopic (exact) mass is 350 g/mol. The highest BCUT2D eigenvalue weighted by Gasteiger charge is 2.13. The Bertz CT molecular complexity index is 703. The Balaban J connectivity index is 1.99. The third-order valence-corrected chi connectivity index (χ3v) is 4.33. The van der Waals surface area contributed by atoms with Gasteiger partial charge in [0.2, 0.25) is 5.91 Å². The minimum Gasteiger partial charge on any atom is -0.497 e. The van der Waals surface area contributed by atoms with Crippen molar-refractivity contribution in [2.45, 2.75) is 32.0 Å². The van der Waals surface area contributed by atoms with Gasteiger partial charge < -0.3 is 19.4 Å². The first-order valence-corrected chi connectivity index (χ1v) is 8.62. The van der Waals surface area contributed by atoms with Crippen molar-refractivity contribution in [3.63, 3.8) is 0 Å². The van der Waals surface area contributed by atoms with Gasteiger partial charge >= 0.3 is 0 Å². The second-order valence-corrected chi connectivity index (χ2v) is 6.03. The number of hydrogen-bond acceptors (Lipinski definition) is 6. The van der Waals surface area contributed by atoms with E-state index in [1.54, 1.807) is 32.4 Å². The molecular formula is C16H22N4O3S. The van der Waals surface area contributed by atoms with Crippen LogP contribution in [0.1, 0.15) is 19.2 Å². The van der Waals surface area contributed by atoms with E-state index in [1.165, 1.54) is 11.8 Å². The van der Waals surface area contributed by atoms with Crippen LogP contribution in [-0.4, -0.2) is 40.6 Å². The van der Waals surface area contributed by atoms with Gasteiger partial charge in [-0.1, -0.05) is 18.7 Å². The predicted octanol–water partition coefficient (Wildman–Crippen LogP) is 2.74. The number of hydrogen-bond donors (Lipinski definition) is 1. The van der Waals surface area contributed by atoms with E-state index in [2.05, 4.69) is 22.4 Å². The molecule has 0 aliphatic carbocycles. The van der Waals surface area contributed by atoms with Crippen molar-refractivity contribution in [2.24, 2.45) is 0 Å². The van der Waals surface area contributed by atoms with Gasteiger partial charge in [0.1, 0.15) is 17.3 Å². The molecule has 1 amide bonds. The Morgan fingerprint density at radius 3 is 2.75 bits per heavy atom. The number of anilines is 1. The summed E-state index contributed by atoms with van der Waals surface area (Å²) >= 11 is 1.37. The molecule has 130 valence electrons. The first-order chi connectivity index (χ1) is 11.6. The maximum atomic E-state index is 12.2. The Hall–Kier alpha value is -2.22. The lowest BCUT2D eigenvalue weighted by molar-refractivity contribution is -0.113. The molecule has 2 rings (SSSR count). The number of aromatic nitrogens is 3. The number of amides is 1. The number of carbonyl (C=O) groups excluding carboxylic acids is 1. The number of nitrogens with one attached hydrogen (secondary N) is 1. The number of ether oxygens (including phenoxy) is 2. The number of methoxy groups -OCH3 is 2. The Kier molecular flexibility index (Phi) is 6.48. The summed E-state index contributed by atoms with van der Waals surface area (Å²) in [5.41, 5.74) is 0.607. The average molecular weight is 350 g/mol. The van der Waals surface area contributed by atoms with Crippen LogP contribution >= 0.6 is 11.8 Å². The number of thioether (sulfide) groups is 1. The van der Waals surface area contributed by atoms with E-state index in [1.807, 2.05) is 11.5 Å². The molecule has 0 atom stereocenters. The zero-order chi connectivity index (χ0) is 17.5. The molecule has 7 nitrogen and oxygen atoms in total. The molecule has 0 radical (unpaired) electrons. The Morgan fingerprint density at radius 2 is 2.08 bits per heavy atom. The zero-order valence-electron chi connectivity index (χ0n) is 14.3. The number of rotatable bonds is 8. The fourth-order valence-corrected chi connectivity index (χ4v) is 2.98. The number of carbonyl (C=O) groups is 1. The van der Waals surface area contributed by atoms with Crippen LogP contribution in [-0.2, 0) is 11.3 Å². The quantitative estimate of drug-likeness (QED) is 0.738. The van der Waals surface area contributed by atoms with E-state index in [0.29, 0.717) is 17.2 Å².